The van der Waals surface area contributed by atoms with Gasteiger partial charge < -0.3 is 24.9 Å². The van der Waals surface area contributed by atoms with Gasteiger partial charge in [0.05, 0.1) is 46.1 Å². The van der Waals surface area contributed by atoms with E-state index in [-0.39, 0.29) is 56.8 Å². The third kappa shape index (κ3) is 8.73. The molecule has 0 saturated heterocycles. The van der Waals surface area contributed by atoms with Gasteiger partial charge in [-0.05, 0) is 62.1 Å². The summed E-state index contributed by atoms with van der Waals surface area (Å²) in [7, 11) is 0. The van der Waals surface area contributed by atoms with Gasteiger partial charge in [-0.1, -0.05) is 86.6 Å². The molecule has 6 aromatic rings. The van der Waals surface area contributed by atoms with E-state index in [1.807, 2.05) is 62.4 Å². The molecule has 53 heavy (non-hydrogen) atoms. The monoisotopic (exact) mass is 749 g/mol. The second-order valence-corrected chi connectivity index (χ2v) is 11.4. The van der Waals surface area contributed by atoms with Gasteiger partial charge in [0.25, 0.3) is 5.56 Å². The molecular formula is C38H33CrN8O6. The molecule has 0 fully saturated rings. The Balaban J connectivity index is 0.000000232. The molecule has 0 saturated carbocycles. The minimum absolute atomic E-state index is 0. The SMILES string of the molecule is CCc1ccccc1-n1[nH]c(C)c(N=Nc2ccccc2C(=O)[O-])c1=O.CCc1ccccc1-n1nc(C)c(N=Nc2ccccc2C(=O)[O-])c1[O-].[Cr+3]. The van der Waals surface area contributed by atoms with E-state index < -0.39 is 17.8 Å². The van der Waals surface area contributed by atoms with E-state index in [2.05, 4.69) is 30.7 Å². The molecule has 14 nitrogen and oxygen atoms in total. The summed E-state index contributed by atoms with van der Waals surface area (Å²) >= 11 is 0. The predicted molar refractivity (Wildman–Crippen MR) is 188 cm³/mol. The first-order chi connectivity index (χ1) is 25.0. The zero-order valence-corrected chi connectivity index (χ0v) is 30.4. The normalized spacial score (nSPS) is 10.9. The number of carbonyl (C=O) groups is 2. The Kier molecular flexibility index (Phi) is 13.1. The summed E-state index contributed by atoms with van der Waals surface area (Å²) in [6, 6.07) is 27.2. The fraction of sp³-hybridized carbons (Fsp3) is 0.158. The average molecular weight is 750 g/mol. The second kappa shape index (κ2) is 17.7. The Morgan fingerprint density at radius 2 is 1.13 bits per heavy atom. The zero-order valence-electron chi connectivity index (χ0n) is 29.1. The summed E-state index contributed by atoms with van der Waals surface area (Å²) in [5, 5.41) is 58.1. The molecule has 1 radical (unpaired) electrons. The fourth-order valence-corrected chi connectivity index (χ4v) is 5.32. The maximum absolute atomic E-state index is 12.7. The van der Waals surface area contributed by atoms with Crippen molar-refractivity contribution in [1.82, 2.24) is 19.6 Å². The molecule has 0 aliphatic carbocycles. The number of para-hydroxylation sites is 2. The molecule has 0 spiro atoms. The largest absolute Gasteiger partial charge is 3.00 e. The van der Waals surface area contributed by atoms with Crippen LogP contribution in [-0.2, 0) is 30.2 Å². The summed E-state index contributed by atoms with van der Waals surface area (Å²) in [4.78, 5) is 35.0. The van der Waals surface area contributed by atoms with Crippen LogP contribution in [0.2, 0.25) is 0 Å². The van der Waals surface area contributed by atoms with Gasteiger partial charge >= 0.3 is 17.4 Å². The van der Waals surface area contributed by atoms with Gasteiger partial charge in [0, 0.05) is 17.0 Å². The smallest absolute Gasteiger partial charge is 0.857 e. The quantitative estimate of drug-likeness (QED) is 0.180. The van der Waals surface area contributed by atoms with E-state index in [4.69, 9.17) is 0 Å². The molecule has 15 heteroatoms. The summed E-state index contributed by atoms with van der Waals surface area (Å²) in [6.45, 7) is 7.38. The molecule has 0 aliphatic heterocycles. The van der Waals surface area contributed by atoms with Crippen LogP contribution in [0.15, 0.2) is 122 Å². The summed E-state index contributed by atoms with van der Waals surface area (Å²) in [5.41, 5.74) is 4.32. The maximum atomic E-state index is 12.7. The number of benzene rings is 4. The Hall–Kier alpha value is -6.43. The van der Waals surface area contributed by atoms with Crippen LogP contribution >= 0.6 is 0 Å². The molecular weight excluding hydrogens is 716 g/mol. The van der Waals surface area contributed by atoms with Crippen molar-refractivity contribution in [2.45, 2.75) is 40.5 Å². The zero-order chi connectivity index (χ0) is 37.4. The number of carboxylic acid groups (broad SMARTS) is 2. The number of rotatable bonds is 10. The van der Waals surface area contributed by atoms with E-state index in [9.17, 15) is 29.7 Å². The first kappa shape index (κ1) is 39.4. The van der Waals surface area contributed by atoms with Crippen LogP contribution in [0.25, 0.3) is 11.4 Å². The number of H-pyrrole nitrogens is 1. The van der Waals surface area contributed by atoms with Crippen molar-refractivity contribution in [3.05, 3.63) is 141 Å². The van der Waals surface area contributed by atoms with Crippen molar-refractivity contribution < 1.29 is 42.3 Å². The van der Waals surface area contributed by atoms with Crippen molar-refractivity contribution in [2.75, 3.05) is 0 Å². The van der Waals surface area contributed by atoms with Crippen LogP contribution < -0.4 is 20.9 Å². The van der Waals surface area contributed by atoms with Crippen LogP contribution in [-0.4, -0.2) is 31.5 Å². The fourth-order valence-electron chi connectivity index (χ4n) is 5.32. The number of azo groups is 2. The van der Waals surface area contributed by atoms with E-state index in [0.717, 1.165) is 29.7 Å². The number of hydrogen-bond donors (Lipinski definition) is 1. The van der Waals surface area contributed by atoms with Crippen molar-refractivity contribution in [1.29, 1.82) is 0 Å². The number of nitrogens with zero attached hydrogens (tertiary/aromatic N) is 7. The summed E-state index contributed by atoms with van der Waals surface area (Å²) < 4.78 is 2.72. The molecule has 2 heterocycles. The Bertz CT molecular complexity index is 2380. The number of aromatic amines is 1. The molecule has 2 aromatic heterocycles. The Morgan fingerprint density at radius 3 is 1.66 bits per heavy atom. The average Bonchev–Trinajstić information content (AvgIpc) is 3.61. The standard InChI is InChI=1S/2C19H18N4O3.Cr/c2*1-3-13-8-4-7-11-16(13)23-18(24)17(12(2)22-23)21-20-15-10-6-5-9-14(15)19(25)26;/h4-11,24H,3H2,1-2H3,(H,25,26);4-11,22H,3H2,1-2H3,(H,25,26);/q;;+3/p-3. The maximum Gasteiger partial charge on any atom is 3.00 e. The van der Waals surface area contributed by atoms with Gasteiger partial charge in [-0.25, -0.2) is 9.36 Å². The van der Waals surface area contributed by atoms with Crippen LogP contribution in [0.4, 0.5) is 22.7 Å². The number of hydrogen-bond acceptors (Lipinski definition) is 11. The molecule has 0 atom stereocenters. The molecule has 0 amide bonds. The van der Waals surface area contributed by atoms with Gasteiger partial charge in [0.1, 0.15) is 5.69 Å². The van der Waals surface area contributed by atoms with E-state index in [1.165, 1.54) is 33.6 Å². The number of carbonyl (C=O) groups excluding carboxylic acids is 2. The van der Waals surface area contributed by atoms with Crippen molar-refractivity contribution in [3.63, 3.8) is 0 Å². The summed E-state index contributed by atoms with van der Waals surface area (Å²) in [6.07, 6.45) is 1.53. The number of aromatic nitrogens is 4. The van der Waals surface area contributed by atoms with Gasteiger partial charge in [-0.15, -0.1) is 20.5 Å². The van der Waals surface area contributed by atoms with E-state index in [0.29, 0.717) is 17.1 Å². The second-order valence-electron chi connectivity index (χ2n) is 11.4. The third-order valence-corrected chi connectivity index (χ3v) is 8.01. The molecule has 6 rings (SSSR count). The first-order valence-corrected chi connectivity index (χ1v) is 16.2. The Morgan fingerprint density at radius 1 is 0.679 bits per heavy atom. The van der Waals surface area contributed by atoms with Crippen LogP contribution in [0.5, 0.6) is 5.88 Å². The number of aryl methyl sites for hydroxylation is 4. The molecule has 4 aromatic carbocycles. The van der Waals surface area contributed by atoms with Gasteiger partial charge in [-0.3, -0.25) is 9.89 Å². The number of nitrogens with one attached hydrogen (secondary N) is 1. The van der Waals surface area contributed by atoms with Crippen LogP contribution in [0, 0.1) is 13.8 Å². The summed E-state index contributed by atoms with van der Waals surface area (Å²) in [5.74, 6) is -3.11. The minimum Gasteiger partial charge on any atom is -0.857 e. The number of carboxylic acids is 2. The van der Waals surface area contributed by atoms with Gasteiger partial charge in [0.2, 0.25) is 0 Å². The first-order valence-electron chi connectivity index (χ1n) is 16.2. The molecule has 0 bridgehead atoms. The van der Waals surface area contributed by atoms with Crippen LogP contribution in [0.3, 0.4) is 0 Å². The van der Waals surface area contributed by atoms with Gasteiger partial charge in [0.15, 0.2) is 5.69 Å². The van der Waals surface area contributed by atoms with Crippen LogP contribution in [0.1, 0.15) is 57.1 Å². The molecule has 0 aliphatic rings. The van der Waals surface area contributed by atoms with E-state index >= 15 is 0 Å². The third-order valence-electron chi connectivity index (χ3n) is 8.01. The predicted octanol–water partition coefficient (Wildman–Crippen LogP) is 5.41. The molecule has 267 valence electrons. The van der Waals surface area contributed by atoms with Crippen molar-refractivity contribution in [3.8, 4) is 17.3 Å². The number of aromatic carboxylic acids is 2. The Labute approximate surface area is 314 Å². The van der Waals surface area contributed by atoms with Crippen molar-refractivity contribution >= 4 is 34.7 Å². The molecule has 1 N–H and O–H groups in total. The topological polar surface area (TPSA) is 208 Å². The van der Waals surface area contributed by atoms with Gasteiger partial charge in [-0.2, -0.15) is 5.10 Å². The minimum atomic E-state index is -1.36. The van der Waals surface area contributed by atoms with E-state index in [1.54, 1.807) is 38.1 Å². The van der Waals surface area contributed by atoms with Crippen molar-refractivity contribution in [2.24, 2.45) is 20.5 Å². The molecule has 0 unspecified atom stereocenters.